The Kier molecular flexibility index (Phi) is 3.95. The number of carbonyl (C=O) groups excluding carboxylic acids is 1. The van der Waals surface area contributed by atoms with Gasteiger partial charge in [-0.25, -0.2) is 8.78 Å². The molecule has 0 saturated heterocycles. The second kappa shape index (κ2) is 5.48. The first-order valence-electron chi connectivity index (χ1n) is 5.50. The monoisotopic (exact) mass is 325 g/mol. The number of rotatable bonds is 2. The third-order valence-corrected chi connectivity index (χ3v) is 3.20. The molecule has 0 heterocycles. The van der Waals surface area contributed by atoms with Gasteiger partial charge in [-0.1, -0.05) is 6.07 Å². The van der Waals surface area contributed by atoms with Crippen LogP contribution in [-0.2, 0) is 0 Å². The minimum Gasteiger partial charge on any atom is -0.319 e. The summed E-state index contributed by atoms with van der Waals surface area (Å²) in [6, 6.07) is 8.06. The van der Waals surface area contributed by atoms with E-state index in [4.69, 9.17) is 0 Å². The zero-order valence-electron chi connectivity index (χ0n) is 10.0. The van der Waals surface area contributed by atoms with Gasteiger partial charge in [0.25, 0.3) is 5.91 Å². The second-order valence-electron chi connectivity index (χ2n) is 4.06. The minimum absolute atomic E-state index is 0.183. The van der Waals surface area contributed by atoms with Crippen LogP contribution in [0.5, 0.6) is 0 Å². The van der Waals surface area contributed by atoms with Gasteiger partial charge < -0.3 is 5.32 Å². The van der Waals surface area contributed by atoms with Crippen LogP contribution < -0.4 is 5.32 Å². The van der Waals surface area contributed by atoms with E-state index in [0.29, 0.717) is 10.0 Å². The number of nitrogens with one attached hydrogen (secondary N) is 1. The molecule has 2 nitrogen and oxygen atoms in total. The van der Waals surface area contributed by atoms with Crippen molar-refractivity contribution in [1.29, 1.82) is 0 Å². The zero-order valence-corrected chi connectivity index (χ0v) is 11.6. The summed E-state index contributed by atoms with van der Waals surface area (Å²) in [5.41, 5.74) is 1.16. The van der Waals surface area contributed by atoms with Gasteiger partial charge in [0.1, 0.15) is 11.6 Å². The van der Waals surface area contributed by atoms with Gasteiger partial charge in [0.2, 0.25) is 0 Å². The van der Waals surface area contributed by atoms with Crippen LogP contribution in [0.2, 0.25) is 0 Å². The molecule has 0 spiro atoms. The van der Waals surface area contributed by atoms with E-state index >= 15 is 0 Å². The maximum atomic E-state index is 13.4. The summed E-state index contributed by atoms with van der Waals surface area (Å²) in [6.45, 7) is 1.89. The molecule has 0 fully saturated rings. The molecular weight excluding hydrogens is 316 g/mol. The molecular formula is C14H10BrF2NO. The molecule has 0 atom stereocenters. The van der Waals surface area contributed by atoms with Crippen LogP contribution in [0.4, 0.5) is 14.5 Å². The summed E-state index contributed by atoms with van der Waals surface area (Å²) < 4.78 is 27.0. The average molecular weight is 326 g/mol. The lowest BCUT2D eigenvalue weighted by atomic mass is 10.1. The van der Waals surface area contributed by atoms with Gasteiger partial charge in [0, 0.05) is 10.5 Å². The Bertz CT molecular complexity index is 643. The van der Waals surface area contributed by atoms with E-state index in [1.165, 1.54) is 0 Å². The van der Waals surface area contributed by atoms with Crippen molar-refractivity contribution in [3.8, 4) is 0 Å². The summed E-state index contributed by atoms with van der Waals surface area (Å²) in [4.78, 5) is 12.0. The van der Waals surface area contributed by atoms with Crippen LogP contribution in [-0.4, -0.2) is 5.91 Å². The van der Waals surface area contributed by atoms with Crippen molar-refractivity contribution >= 4 is 27.5 Å². The number of aryl methyl sites for hydroxylation is 1. The Labute approximate surface area is 117 Å². The van der Waals surface area contributed by atoms with E-state index in [0.717, 1.165) is 23.8 Å². The number of benzene rings is 2. The molecule has 1 N–H and O–H groups in total. The number of hydrogen-bond donors (Lipinski definition) is 1. The van der Waals surface area contributed by atoms with Gasteiger partial charge in [-0.3, -0.25) is 4.79 Å². The third kappa shape index (κ3) is 3.17. The van der Waals surface area contributed by atoms with Crippen molar-refractivity contribution < 1.29 is 13.6 Å². The first-order chi connectivity index (χ1) is 8.97. The summed E-state index contributed by atoms with van der Waals surface area (Å²) in [5, 5.41) is 2.34. The summed E-state index contributed by atoms with van der Waals surface area (Å²) in [7, 11) is 0. The normalized spacial score (nSPS) is 10.3. The lowest BCUT2D eigenvalue weighted by Gasteiger charge is -2.08. The smallest absolute Gasteiger partial charge is 0.256 e. The van der Waals surface area contributed by atoms with Crippen LogP contribution >= 0.6 is 15.9 Å². The zero-order chi connectivity index (χ0) is 14.0. The fraction of sp³-hybridized carbons (Fsp3) is 0.0714. The van der Waals surface area contributed by atoms with Crippen molar-refractivity contribution in [2.45, 2.75) is 6.92 Å². The molecule has 1 amide bonds. The standard InChI is InChI=1S/C14H10BrF2NO/c1-8-2-4-10(11(15)6-8)14(19)18-13-7-9(16)3-5-12(13)17/h2-7H,1H3,(H,18,19). The molecule has 2 aromatic rings. The van der Waals surface area contributed by atoms with Gasteiger partial charge >= 0.3 is 0 Å². The Hall–Kier alpha value is -1.75. The molecule has 5 heteroatoms. The Morgan fingerprint density at radius 3 is 2.58 bits per heavy atom. The fourth-order valence-electron chi connectivity index (χ4n) is 1.59. The maximum absolute atomic E-state index is 13.4. The first kappa shape index (κ1) is 13.7. The number of carbonyl (C=O) groups is 1. The van der Waals surface area contributed by atoms with Crippen LogP contribution in [0.25, 0.3) is 0 Å². The number of anilines is 1. The second-order valence-corrected chi connectivity index (χ2v) is 4.92. The Morgan fingerprint density at radius 2 is 1.89 bits per heavy atom. The van der Waals surface area contributed by atoms with Crippen molar-refractivity contribution in [2.24, 2.45) is 0 Å². The molecule has 2 aromatic carbocycles. The van der Waals surface area contributed by atoms with Gasteiger partial charge in [-0.2, -0.15) is 0 Å². The molecule has 98 valence electrons. The fourth-order valence-corrected chi connectivity index (χ4v) is 2.26. The van der Waals surface area contributed by atoms with Crippen molar-refractivity contribution in [1.82, 2.24) is 0 Å². The van der Waals surface area contributed by atoms with E-state index in [1.807, 2.05) is 6.92 Å². The van der Waals surface area contributed by atoms with Gasteiger partial charge in [0.05, 0.1) is 11.3 Å². The van der Waals surface area contributed by atoms with Crippen molar-refractivity contribution in [2.75, 3.05) is 5.32 Å². The van der Waals surface area contributed by atoms with Crippen LogP contribution in [0, 0.1) is 18.6 Å². The molecule has 0 saturated carbocycles. The number of amides is 1. The predicted octanol–water partition coefficient (Wildman–Crippen LogP) is 4.29. The number of hydrogen-bond acceptors (Lipinski definition) is 1. The highest BCUT2D eigenvalue weighted by Crippen LogP contribution is 2.21. The third-order valence-electron chi connectivity index (χ3n) is 2.55. The molecule has 0 bridgehead atoms. The molecule has 0 radical (unpaired) electrons. The minimum atomic E-state index is -0.682. The lowest BCUT2D eigenvalue weighted by molar-refractivity contribution is 0.102. The lowest BCUT2D eigenvalue weighted by Crippen LogP contribution is -2.14. The van der Waals surface area contributed by atoms with Gasteiger partial charge in [-0.05, 0) is 52.7 Å². The molecule has 0 aromatic heterocycles. The van der Waals surface area contributed by atoms with Crippen LogP contribution in [0.1, 0.15) is 15.9 Å². The van der Waals surface area contributed by atoms with Crippen molar-refractivity contribution in [3.05, 3.63) is 63.6 Å². The highest BCUT2D eigenvalue weighted by Gasteiger charge is 2.13. The topological polar surface area (TPSA) is 29.1 Å². The van der Waals surface area contributed by atoms with Gasteiger partial charge in [0.15, 0.2) is 0 Å². The summed E-state index contributed by atoms with van der Waals surface area (Å²) in [5.74, 6) is -1.80. The molecule has 19 heavy (non-hydrogen) atoms. The van der Waals surface area contributed by atoms with Crippen LogP contribution in [0.3, 0.4) is 0 Å². The quantitative estimate of drug-likeness (QED) is 0.876. The number of halogens is 3. The van der Waals surface area contributed by atoms with E-state index in [2.05, 4.69) is 21.2 Å². The SMILES string of the molecule is Cc1ccc(C(=O)Nc2cc(F)ccc2F)c(Br)c1. The van der Waals surface area contributed by atoms with E-state index in [-0.39, 0.29) is 5.69 Å². The first-order valence-corrected chi connectivity index (χ1v) is 6.29. The average Bonchev–Trinajstić information content (AvgIpc) is 2.33. The van der Waals surface area contributed by atoms with E-state index in [1.54, 1.807) is 18.2 Å². The van der Waals surface area contributed by atoms with Crippen molar-refractivity contribution in [3.63, 3.8) is 0 Å². The van der Waals surface area contributed by atoms with Gasteiger partial charge in [-0.15, -0.1) is 0 Å². The maximum Gasteiger partial charge on any atom is 0.256 e. The summed E-state index contributed by atoms with van der Waals surface area (Å²) in [6.07, 6.45) is 0. The highest BCUT2D eigenvalue weighted by molar-refractivity contribution is 9.10. The molecule has 0 aliphatic rings. The Morgan fingerprint density at radius 1 is 1.16 bits per heavy atom. The van der Waals surface area contributed by atoms with E-state index < -0.39 is 17.5 Å². The molecule has 0 aliphatic heterocycles. The predicted molar refractivity (Wildman–Crippen MR) is 73.2 cm³/mol. The highest BCUT2D eigenvalue weighted by atomic mass is 79.9. The summed E-state index contributed by atoms with van der Waals surface area (Å²) >= 11 is 3.27. The van der Waals surface area contributed by atoms with E-state index in [9.17, 15) is 13.6 Å². The Balaban J connectivity index is 2.28. The molecule has 0 aliphatic carbocycles. The largest absolute Gasteiger partial charge is 0.319 e. The van der Waals surface area contributed by atoms with Crippen LogP contribution in [0.15, 0.2) is 40.9 Å². The molecule has 0 unspecified atom stereocenters. The molecule has 2 rings (SSSR count).